The first-order chi connectivity index (χ1) is 8.98. The molecule has 0 atom stereocenters. The number of anilines is 1. The van der Waals surface area contributed by atoms with Gasteiger partial charge in [0.15, 0.2) is 5.13 Å². The van der Waals surface area contributed by atoms with Crippen LogP contribution in [0.5, 0.6) is 0 Å². The molecule has 1 heterocycles. The third-order valence-electron chi connectivity index (χ3n) is 2.66. The van der Waals surface area contributed by atoms with Crippen molar-refractivity contribution in [1.82, 2.24) is 10.3 Å². The standard InChI is InChI=1S/C12H23N3O2S2/c1-4-7-13-8-6-9-19(16,17)15-12-14-11(5-2)10(3)18-12/h13H,4-9H2,1-3H3,(H,14,15). The number of sulfonamides is 1. The summed E-state index contributed by atoms with van der Waals surface area (Å²) in [6.45, 7) is 7.72. The van der Waals surface area contributed by atoms with Crippen LogP contribution in [0.15, 0.2) is 0 Å². The molecule has 7 heteroatoms. The number of rotatable bonds is 9. The molecule has 0 amide bonds. The van der Waals surface area contributed by atoms with Gasteiger partial charge in [-0.3, -0.25) is 4.72 Å². The van der Waals surface area contributed by atoms with Crippen molar-refractivity contribution >= 4 is 26.5 Å². The summed E-state index contributed by atoms with van der Waals surface area (Å²) in [5.74, 6) is 0.129. The lowest BCUT2D eigenvalue weighted by molar-refractivity contribution is 0.593. The van der Waals surface area contributed by atoms with Gasteiger partial charge in [-0.1, -0.05) is 13.8 Å². The van der Waals surface area contributed by atoms with E-state index in [0.29, 0.717) is 11.6 Å². The van der Waals surface area contributed by atoms with E-state index in [9.17, 15) is 8.42 Å². The van der Waals surface area contributed by atoms with Crippen LogP contribution in [0, 0.1) is 6.92 Å². The molecule has 1 rings (SSSR count). The molecule has 2 N–H and O–H groups in total. The van der Waals surface area contributed by atoms with Gasteiger partial charge in [0.05, 0.1) is 11.4 Å². The van der Waals surface area contributed by atoms with E-state index in [2.05, 4.69) is 21.9 Å². The van der Waals surface area contributed by atoms with E-state index in [1.165, 1.54) is 11.3 Å². The smallest absolute Gasteiger partial charge is 0.234 e. The fraction of sp³-hybridized carbons (Fsp3) is 0.750. The van der Waals surface area contributed by atoms with Gasteiger partial charge in [0, 0.05) is 4.88 Å². The van der Waals surface area contributed by atoms with Crippen molar-refractivity contribution in [2.45, 2.75) is 40.0 Å². The highest BCUT2D eigenvalue weighted by Crippen LogP contribution is 2.23. The monoisotopic (exact) mass is 305 g/mol. The van der Waals surface area contributed by atoms with E-state index in [4.69, 9.17) is 0 Å². The second kappa shape index (κ2) is 7.81. The minimum atomic E-state index is -3.28. The van der Waals surface area contributed by atoms with Crippen LogP contribution in [0.4, 0.5) is 5.13 Å². The van der Waals surface area contributed by atoms with Crippen LogP contribution in [0.2, 0.25) is 0 Å². The summed E-state index contributed by atoms with van der Waals surface area (Å²) in [6.07, 6.45) is 2.49. The lowest BCUT2D eigenvalue weighted by Crippen LogP contribution is -2.22. The molecule has 0 fully saturated rings. The van der Waals surface area contributed by atoms with Crippen molar-refractivity contribution in [3.63, 3.8) is 0 Å². The Balaban J connectivity index is 2.45. The molecule has 0 bridgehead atoms. The molecular formula is C12H23N3O2S2. The van der Waals surface area contributed by atoms with Crippen molar-refractivity contribution in [2.75, 3.05) is 23.6 Å². The van der Waals surface area contributed by atoms with Crippen molar-refractivity contribution in [3.8, 4) is 0 Å². The van der Waals surface area contributed by atoms with Gasteiger partial charge >= 0.3 is 0 Å². The number of nitrogens with one attached hydrogen (secondary N) is 2. The van der Waals surface area contributed by atoms with Gasteiger partial charge in [-0.2, -0.15) is 0 Å². The topological polar surface area (TPSA) is 71.1 Å². The predicted octanol–water partition coefficient (Wildman–Crippen LogP) is 2.15. The third kappa shape index (κ3) is 5.88. The van der Waals surface area contributed by atoms with E-state index in [0.717, 1.165) is 36.5 Å². The second-order valence-corrected chi connectivity index (χ2v) is 7.45. The maximum atomic E-state index is 11.9. The van der Waals surface area contributed by atoms with Crippen LogP contribution in [0.1, 0.15) is 37.3 Å². The zero-order chi connectivity index (χ0) is 14.3. The molecule has 110 valence electrons. The van der Waals surface area contributed by atoms with Crippen molar-refractivity contribution in [2.24, 2.45) is 0 Å². The Labute approximate surface area is 119 Å². The predicted molar refractivity (Wildman–Crippen MR) is 81.4 cm³/mol. The normalized spacial score (nSPS) is 11.7. The molecule has 1 aromatic heterocycles. The number of aryl methyl sites for hydroxylation is 2. The lowest BCUT2D eigenvalue weighted by Gasteiger charge is -2.05. The summed E-state index contributed by atoms with van der Waals surface area (Å²) in [5, 5.41) is 3.67. The van der Waals surface area contributed by atoms with Crippen LogP contribution in [-0.2, 0) is 16.4 Å². The summed E-state index contributed by atoms with van der Waals surface area (Å²) in [4.78, 5) is 5.36. The molecule has 19 heavy (non-hydrogen) atoms. The molecule has 0 unspecified atom stereocenters. The maximum absolute atomic E-state index is 11.9. The van der Waals surface area contributed by atoms with Crippen LogP contribution in [0.3, 0.4) is 0 Å². The molecule has 0 aliphatic carbocycles. The molecular weight excluding hydrogens is 282 g/mol. The molecule has 0 radical (unpaired) electrons. The van der Waals surface area contributed by atoms with Crippen molar-refractivity contribution in [3.05, 3.63) is 10.6 Å². The first kappa shape index (κ1) is 16.4. The summed E-state index contributed by atoms with van der Waals surface area (Å²) in [6, 6.07) is 0. The van der Waals surface area contributed by atoms with Crippen molar-refractivity contribution < 1.29 is 8.42 Å². The fourth-order valence-corrected chi connectivity index (χ4v) is 3.91. The molecule has 0 saturated heterocycles. The molecule has 0 aliphatic heterocycles. The zero-order valence-electron chi connectivity index (χ0n) is 11.8. The van der Waals surface area contributed by atoms with Gasteiger partial charge in [0.1, 0.15) is 0 Å². The van der Waals surface area contributed by atoms with Gasteiger partial charge in [-0.25, -0.2) is 13.4 Å². The average Bonchev–Trinajstić information content (AvgIpc) is 2.68. The Hall–Kier alpha value is -0.660. The Morgan fingerprint density at radius 1 is 1.26 bits per heavy atom. The summed E-state index contributed by atoms with van der Waals surface area (Å²) in [7, 11) is -3.28. The van der Waals surface area contributed by atoms with Crippen LogP contribution in [-0.4, -0.2) is 32.2 Å². The van der Waals surface area contributed by atoms with E-state index in [-0.39, 0.29) is 5.75 Å². The minimum absolute atomic E-state index is 0.129. The zero-order valence-corrected chi connectivity index (χ0v) is 13.5. The van der Waals surface area contributed by atoms with Gasteiger partial charge in [-0.05, 0) is 39.3 Å². The van der Waals surface area contributed by atoms with Gasteiger partial charge < -0.3 is 5.32 Å². The highest BCUT2D eigenvalue weighted by atomic mass is 32.2. The van der Waals surface area contributed by atoms with E-state index < -0.39 is 10.0 Å². The maximum Gasteiger partial charge on any atom is 0.234 e. The van der Waals surface area contributed by atoms with Crippen LogP contribution >= 0.6 is 11.3 Å². The number of thiazole rings is 1. The Bertz CT molecular complexity index is 483. The van der Waals surface area contributed by atoms with E-state index in [1.807, 2.05) is 13.8 Å². The molecule has 0 aromatic carbocycles. The quantitative estimate of drug-likeness (QED) is 0.686. The van der Waals surface area contributed by atoms with E-state index >= 15 is 0 Å². The summed E-state index contributed by atoms with van der Waals surface area (Å²) < 4.78 is 26.3. The average molecular weight is 305 g/mol. The fourth-order valence-electron chi connectivity index (χ4n) is 1.67. The minimum Gasteiger partial charge on any atom is -0.317 e. The first-order valence-corrected chi connectivity index (χ1v) is 9.13. The van der Waals surface area contributed by atoms with E-state index in [1.54, 1.807) is 0 Å². The molecule has 0 spiro atoms. The molecule has 5 nitrogen and oxygen atoms in total. The number of hydrogen-bond acceptors (Lipinski definition) is 5. The van der Waals surface area contributed by atoms with Crippen molar-refractivity contribution in [1.29, 1.82) is 0 Å². The molecule has 0 saturated carbocycles. The number of nitrogens with zero attached hydrogens (tertiary/aromatic N) is 1. The van der Waals surface area contributed by atoms with Gasteiger partial charge in [-0.15, -0.1) is 11.3 Å². The van der Waals surface area contributed by atoms with Gasteiger partial charge in [0.25, 0.3) is 0 Å². The Morgan fingerprint density at radius 2 is 2.00 bits per heavy atom. The number of aromatic nitrogens is 1. The Morgan fingerprint density at radius 3 is 2.58 bits per heavy atom. The van der Waals surface area contributed by atoms with Gasteiger partial charge in [0.2, 0.25) is 10.0 Å². The molecule has 1 aromatic rings. The Kier molecular flexibility index (Phi) is 6.74. The first-order valence-electron chi connectivity index (χ1n) is 6.66. The van der Waals surface area contributed by atoms with Crippen LogP contribution < -0.4 is 10.0 Å². The summed E-state index contributed by atoms with van der Waals surface area (Å²) >= 11 is 1.40. The highest BCUT2D eigenvalue weighted by Gasteiger charge is 2.14. The third-order valence-corrected chi connectivity index (χ3v) is 5.05. The lowest BCUT2D eigenvalue weighted by atomic mass is 10.3. The largest absolute Gasteiger partial charge is 0.317 e. The molecule has 0 aliphatic rings. The van der Waals surface area contributed by atoms with Crippen LogP contribution in [0.25, 0.3) is 0 Å². The highest BCUT2D eigenvalue weighted by molar-refractivity contribution is 7.92. The second-order valence-electron chi connectivity index (χ2n) is 4.40. The number of hydrogen-bond donors (Lipinski definition) is 2. The SMILES string of the molecule is CCCNCCCS(=O)(=O)Nc1nc(CC)c(C)s1. The summed E-state index contributed by atoms with van der Waals surface area (Å²) in [5.41, 5.74) is 0.965.